The number of hydrogen-bond acceptors (Lipinski definition) is 5. The van der Waals surface area contributed by atoms with Gasteiger partial charge in [0.15, 0.2) is 0 Å². The Labute approximate surface area is 180 Å². The zero-order valence-corrected chi connectivity index (χ0v) is 18.3. The molecule has 0 bridgehead atoms. The van der Waals surface area contributed by atoms with Gasteiger partial charge in [0, 0.05) is 6.54 Å². The standard InChI is InChI=1S/C23H28N4O2S/c1-15-19-21(28)24-16(2)25-23(19)30-20(15)22(29)26-18(17-9-5-3-6-10-17)11-14-27-12-7-4-8-13-27/h3,5-6,9-10,18H,4,7-8,11-14H2,1-2H3,(H,26,29)(H,24,25,28)/t18-/m1/s1. The number of nitrogens with zero attached hydrogens (tertiary/aromatic N) is 2. The summed E-state index contributed by atoms with van der Waals surface area (Å²) >= 11 is 1.29. The van der Waals surface area contributed by atoms with Gasteiger partial charge in [0.2, 0.25) is 0 Å². The monoisotopic (exact) mass is 424 g/mol. The van der Waals surface area contributed by atoms with E-state index in [4.69, 9.17) is 0 Å². The zero-order chi connectivity index (χ0) is 21.1. The van der Waals surface area contributed by atoms with E-state index in [0.29, 0.717) is 26.5 Å². The topological polar surface area (TPSA) is 78.1 Å². The van der Waals surface area contributed by atoms with Gasteiger partial charge in [0.05, 0.1) is 16.3 Å². The highest BCUT2D eigenvalue weighted by Gasteiger charge is 2.23. The molecule has 6 nitrogen and oxygen atoms in total. The number of carbonyl (C=O) groups is 1. The van der Waals surface area contributed by atoms with E-state index < -0.39 is 0 Å². The van der Waals surface area contributed by atoms with Gasteiger partial charge in [-0.1, -0.05) is 36.8 Å². The second-order valence-corrected chi connectivity index (χ2v) is 9.01. The Bertz CT molecular complexity index is 1080. The minimum Gasteiger partial charge on any atom is -0.344 e. The molecule has 0 unspecified atom stereocenters. The molecule has 2 aromatic heterocycles. The zero-order valence-electron chi connectivity index (χ0n) is 17.5. The van der Waals surface area contributed by atoms with Gasteiger partial charge in [-0.05, 0) is 57.3 Å². The average molecular weight is 425 g/mol. The molecule has 2 N–H and O–H groups in total. The second-order valence-electron chi connectivity index (χ2n) is 8.02. The minimum atomic E-state index is -0.185. The Kier molecular flexibility index (Phi) is 6.29. The highest BCUT2D eigenvalue weighted by atomic mass is 32.1. The maximum absolute atomic E-state index is 13.2. The minimum absolute atomic E-state index is 0.0711. The molecule has 158 valence electrons. The molecule has 30 heavy (non-hydrogen) atoms. The molecule has 1 aliphatic heterocycles. The quantitative estimate of drug-likeness (QED) is 0.628. The van der Waals surface area contributed by atoms with E-state index in [0.717, 1.165) is 31.6 Å². The normalized spacial score (nSPS) is 15.9. The van der Waals surface area contributed by atoms with Gasteiger partial charge < -0.3 is 15.2 Å². The Balaban J connectivity index is 1.57. The SMILES string of the molecule is Cc1nc2sc(C(=O)N[C@H](CCN3CCCCC3)c3ccccc3)c(C)c2c(=O)[nH]1. The lowest BCUT2D eigenvalue weighted by Crippen LogP contribution is -2.35. The molecule has 3 heterocycles. The van der Waals surface area contributed by atoms with Crippen LogP contribution >= 0.6 is 11.3 Å². The summed E-state index contributed by atoms with van der Waals surface area (Å²) in [6.07, 6.45) is 4.68. The summed E-state index contributed by atoms with van der Waals surface area (Å²) in [5, 5.41) is 3.74. The van der Waals surface area contributed by atoms with Gasteiger partial charge in [0.25, 0.3) is 11.5 Å². The van der Waals surface area contributed by atoms with E-state index >= 15 is 0 Å². The van der Waals surface area contributed by atoms with Crippen molar-refractivity contribution in [1.29, 1.82) is 0 Å². The smallest absolute Gasteiger partial charge is 0.262 e. The van der Waals surface area contributed by atoms with E-state index in [-0.39, 0.29) is 17.5 Å². The first-order chi connectivity index (χ1) is 14.5. The third kappa shape index (κ3) is 4.47. The fourth-order valence-electron chi connectivity index (χ4n) is 4.19. The summed E-state index contributed by atoms with van der Waals surface area (Å²) in [5.74, 6) is 0.421. The fraction of sp³-hybridized carbons (Fsp3) is 0.435. The number of rotatable bonds is 6. The van der Waals surface area contributed by atoms with Crippen molar-refractivity contribution < 1.29 is 4.79 Å². The van der Waals surface area contributed by atoms with Gasteiger partial charge in [-0.3, -0.25) is 9.59 Å². The summed E-state index contributed by atoms with van der Waals surface area (Å²) in [6, 6.07) is 10.1. The van der Waals surface area contributed by atoms with Crippen LogP contribution in [0.2, 0.25) is 0 Å². The lowest BCUT2D eigenvalue weighted by molar-refractivity contribution is 0.0933. The first-order valence-corrected chi connectivity index (χ1v) is 11.4. The summed E-state index contributed by atoms with van der Waals surface area (Å²) < 4.78 is 0. The Morgan fingerprint density at radius 2 is 1.93 bits per heavy atom. The molecule has 7 heteroatoms. The third-order valence-electron chi connectivity index (χ3n) is 5.82. The highest BCUT2D eigenvalue weighted by Crippen LogP contribution is 2.28. The van der Waals surface area contributed by atoms with Gasteiger partial charge in [-0.2, -0.15) is 0 Å². The third-order valence-corrected chi connectivity index (χ3v) is 7.00. The molecule has 0 aliphatic carbocycles. The molecule has 1 aromatic carbocycles. The summed E-state index contributed by atoms with van der Waals surface area (Å²) in [7, 11) is 0. The van der Waals surface area contributed by atoms with E-state index in [1.807, 2.05) is 25.1 Å². The molecule has 0 radical (unpaired) electrons. The van der Waals surface area contributed by atoms with Crippen LogP contribution in [0, 0.1) is 13.8 Å². The van der Waals surface area contributed by atoms with Gasteiger partial charge >= 0.3 is 0 Å². The molecule has 1 saturated heterocycles. The number of H-pyrrole nitrogens is 1. The maximum atomic E-state index is 13.2. The van der Waals surface area contributed by atoms with Crippen LogP contribution in [0.5, 0.6) is 0 Å². The molecule has 1 amide bonds. The molecule has 1 fully saturated rings. The predicted molar refractivity (Wildman–Crippen MR) is 121 cm³/mol. The molecule has 0 saturated carbocycles. The van der Waals surface area contributed by atoms with Crippen molar-refractivity contribution in [2.75, 3.05) is 19.6 Å². The van der Waals surface area contributed by atoms with Crippen LogP contribution in [-0.2, 0) is 0 Å². The number of carbonyl (C=O) groups excluding carboxylic acids is 1. The number of benzene rings is 1. The van der Waals surface area contributed by atoms with Crippen molar-refractivity contribution in [3.8, 4) is 0 Å². The van der Waals surface area contributed by atoms with Crippen molar-refractivity contribution >= 4 is 27.5 Å². The summed E-state index contributed by atoms with van der Waals surface area (Å²) in [4.78, 5) is 36.4. The highest BCUT2D eigenvalue weighted by molar-refractivity contribution is 7.20. The maximum Gasteiger partial charge on any atom is 0.262 e. The first kappa shape index (κ1) is 20.8. The molecule has 3 aromatic rings. The number of amides is 1. The predicted octanol–water partition coefficient (Wildman–Crippen LogP) is 3.95. The van der Waals surface area contributed by atoms with Crippen LogP contribution in [0.4, 0.5) is 0 Å². The van der Waals surface area contributed by atoms with E-state index in [1.54, 1.807) is 6.92 Å². The van der Waals surface area contributed by atoms with Crippen LogP contribution in [0.15, 0.2) is 35.1 Å². The molecule has 0 spiro atoms. The van der Waals surface area contributed by atoms with E-state index in [2.05, 4.69) is 32.3 Å². The van der Waals surface area contributed by atoms with Crippen LogP contribution < -0.4 is 10.9 Å². The molecule has 4 rings (SSSR count). The Hall–Kier alpha value is -2.51. The van der Waals surface area contributed by atoms with Crippen molar-refractivity contribution in [1.82, 2.24) is 20.2 Å². The van der Waals surface area contributed by atoms with Gasteiger partial charge in [-0.25, -0.2) is 4.98 Å². The second kappa shape index (κ2) is 9.10. The van der Waals surface area contributed by atoms with Crippen LogP contribution in [0.1, 0.15) is 58.3 Å². The lowest BCUT2D eigenvalue weighted by Gasteiger charge is -2.28. The number of fused-ring (bicyclic) bond motifs is 1. The number of aromatic amines is 1. The fourth-order valence-corrected chi connectivity index (χ4v) is 5.32. The van der Waals surface area contributed by atoms with Crippen molar-refractivity contribution in [3.63, 3.8) is 0 Å². The number of likely N-dealkylation sites (tertiary alicyclic amines) is 1. The lowest BCUT2D eigenvalue weighted by atomic mass is 10.0. The molecule has 1 aliphatic rings. The number of thiophene rings is 1. The largest absolute Gasteiger partial charge is 0.344 e. The molecular formula is C23H28N4O2S. The van der Waals surface area contributed by atoms with Crippen LogP contribution in [-0.4, -0.2) is 40.4 Å². The number of aromatic nitrogens is 2. The number of hydrogen-bond donors (Lipinski definition) is 2. The average Bonchev–Trinajstić information content (AvgIpc) is 3.09. The summed E-state index contributed by atoms with van der Waals surface area (Å²) in [6.45, 7) is 6.82. The van der Waals surface area contributed by atoms with E-state index in [1.165, 1.54) is 30.6 Å². The Morgan fingerprint density at radius 3 is 2.67 bits per heavy atom. The number of aryl methyl sites for hydroxylation is 2. The van der Waals surface area contributed by atoms with Crippen molar-refractivity contribution in [2.45, 2.75) is 45.6 Å². The number of nitrogens with one attached hydrogen (secondary N) is 2. The van der Waals surface area contributed by atoms with Crippen molar-refractivity contribution in [2.24, 2.45) is 0 Å². The van der Waals surface area contributed by atoms with Gasteiger partial charge in [-0.15, -0.1) is 11.3 Å². The van der Waals surface area contributed by atoms with Crippen molar-refractivity contribution in [3.05, 3.63) is 62.5 Å². The van der Waals surface area contributed by atoms with Gasteiger partial charge in [0.1, 0.15) is 10.7 Å². The van der Waals surface area contributed by atoms with E-state index in [9.17, 15) is 9.59 Å². The summed E-state index contributed by atoms with van der Waals surface area (Å²) in [5.41, 5.74) is 1.62. The molecular weight excluding hydrogens is 396 g/mol. The Morgan fingerprint density at radius 1 is 1.20 bits per heavy atom. The van der Waals surface area contributed by atoms with Crippen LogP contribution in [0.25, 0.3) is 10.2 Å². The number of piperidine rings is 1. The van der Waals surface area contributed by atoms with Crippen LogP contribution in [0.3, 0.4) is 0 Å². The first-order valence-electron chi connectivity index (χ1n) is 10.6. The molecule has 1 atom stereocenters.